The Labute approximate surface area is 166 Å². The molecule has 5 nitrogen and oxygen atoms in total. The maximum atomic E-state index is 13.1. The first-order chi connectivity index (χ1) is 13.4. The highest BCUT2D eigenvalue weighted by molar-refractivity contribution is 6.36. The Morgan fingerprint density at radius 2 is 1.68 bits per heavy atom. The van der Waals surface area contributed by atoms with Crippen LogP contribution in [0.4, 0.5) is 5.69 Å². The molecule has 0 unspecified atom stereocenters. The third kappa shape index (κ3) is 3.85. The van der Waals surface area contributed by atoms with E-state index in [9.17, 15) is 9.59 Å². The van der Waals surface area contributed by atoms with Crippen LogP contribution in [0.15, 0.2) is 48.2 Å². The quantitative estimate of drug-likeness (QED) is 0.587. The lowest BCUT2D eigenvalue weighted by Gasteiger charge is -2.15. The zero-order valence-corrected chi connectivity index (χ0v) is 16.8. The second kappa shape index (κ2) is 8.40. The van der Waals surface area contributed by atoms with E-state index in [1.54, 1.807) is 7.11 Å². The topological polar surface area (TPSA) is 58.6 Å². The molecule has 3 rings (SSSR count). The standard InChI is InChI=1S/C23H26N2O3/c1-15-9-11-18(12-10-15)20-21(24-19-8-5-7-16(2)17(19)3)23(27)25(22(20)26)13-6-14-28-4/h5,7-12,24H,6,13-14H2,1-4H3. The first-order valence-corrected chi connectivity index (χ1v) is 9.43. The van der Waals surface area contributed by atoms with E-state index >= 15 is 0 Å². The molecule has 1 aliphatic heterocycles. The smallest absolute Gasteiger partial charge is 0.278 e. The van der Waals surface area contributed by atoms with Gasteiger partial charge in [-0.3, -0.25) is 14.5 Å². The van der Waals surface area contributed by atoms with E-state index in [1.807, 2.05) is 63.2 Å². The average molecular weight is 378 g/mol. The summed E-state index contributed by atoms with van der Waals surface area (Å²) in [6.07, 6.45) is 0.603. The van der Waals surface area contributed by atoms with Crippen LogP contribution in [-0.4, -0.2) is 37.0 Å². The van der Waals surface area contributed by atoms with Crippen LogP contribution in [0.3, 0.4) is 0 Å². The summed E-state index contributed by atoms with van der Waals surface area (Å²) in [5.41, 5.74) is 5.60. The molecule has 2 amide bonds. The van der Waals surface area contributed by atoms with E-state index in [4.69, 9.17) is 4.74 Å². The predicted octanol–water partition coefficient (Wildman–Crippen LogP) is 3.84. The molecule has 0 fully saturated rings. The molecule has 28 heavy (non-hydrogen) atoms. The molecule has 0 radical (unpaired) electrons. The Kier molecular flexibility index (Phi) is 5.95. The molecule has 0 bridgehead atoms. The summed E-state index contributed by atoms with van der Waals surface area (Å²) >= 11 is 0. The van der Waals surface area contributed by atoms with Gasteiger partial charge in [-0.2, -0.15) is 0 Å². The molecule has 146 valence electrons. The van der Waals surface area contributed by atoms with Crippen LogP contribution in [-0.2, 0) is 14.3 Å². The number of hydrogen-bond donors (Lipinski definition) is 1. The fourth-order valence-corrected chi connectivity index (χ4v) is 3.27. The number of nitrogens with one attached hydrogen (secondary N) is 1. The van der Waals surface area contributed by atoms with Crippen LogP contribution in [0.5, 0.6) is 0 Å². The molecule has 0 atom stereocenters. The number of hydrogen-bond acceptors (Lipinski definition) is 4. The Morgan fingerprint density at radius 3 is 2.36 bits per heavy atom. The van der Waals surface area contributed by atoms with Gasteiger partial charge in [0, 0.05) is 25.9 Å². The molecule has 1 heterocycles. The second-order valence-electron chi connectivity index (χ2n) is 7.10. The van der Waals surface area contributed by atoms with Gasteiger partial charge in [0.05, 0.1) is 5.57 Å². The number of aryl methyl sites for hydroxylation is 2. The molecular weight excluding hydrogens is 352 g/mol. The fraction of sp³-hybridized carbons (Fsp3) is 0.304. The SMILES string of the molecule is COCCCN1C(=O)C(Nc2cccc(C)c2C)=C(c2ccc(C)cc2)C1=O. The maximum absolute atomic E-state index is 13.1. The third-order valence-electron chi connectivity index (χ3n) is 5.10. The summed E-state index contributed by atoms with van der Waals surface area (Å²) in [5.74, 6) is -0.560. The number of benzene rings is 2. The first kappa shape index (κ1) is 19.8. The van der Waals surface area contributed by atoms with Gasteiger partial charge in [0.1, 0.15) is 5.70 Å². The van der Waals surface area contributed by atoms with Crippen molar-refractivity contribution < 1.29 is 14.3 Å². The van der Waals surface area contributed by atoms with Crippen LogP contribution in [0, 0.1) is 20.8 Å². The highest BCUT2D eigenvalue weighted by Crippen LogP contribution is 2.32. The van der Waals surface area contributed by atoms with E-state index in [-0.39, 0.29) is 11.8 Å². The minimum atomic E-state index is -0.294. The van der Waals surface area contributed by atoms with E-state index in [0.29, 0.717) is 30.8 Å². The van der Waals surface area contributed by atoms with Gasteiger partial charge in [-0.05, 0) is 49.9 Å². The fourth-order valence-electron chi connectivity index (χ4n) is 3.27. The molecule has 0 saturated carbocycles. The van der Waals surface area contributed by atoms with Crippen molar-refractivity contribution in [3.8, 4) is 0 Å². The van der Waals surface area contributed by atoms with Crippen LogP contribution in [0.1, 0.15) is 28.7 Å². The summed E-state index contributed by atoms with van der Waals surface area (Å²) in [6.45, 7) is 6.84. The van der Waals surface area contributed by atoms with Crippen LogP contribution in [0.2, 0.25) is 0 Å². The monoisotopic (exact) mass is 378 g/mol. The summed E-state index contributed by atoms with van der Waals surface area (Å²) in [4.78, 5) is 27.5. The minimum absolute atomic E-state index is 0.266. The molecule has 0 aliphatic carbocycles. The molecule has 1 aliphatic rings. The van der Waals surface area contributed by atoms with Crippen molar-refractivity contribution in [1.82, 2.24) is 4.90 Å². The maximum Gasteiger partial charge on any atom is 0.278 e. The Bertz CT molecular complexity index is 929. The third-order valence-corrected chi connectivity index (χ3v) is 5.10. The number of carbonyl (C=O) groups is 2. The van der Waals surface area contributed by atoms with Crippen molar-refractivity contribution in [2.24, 2.45) is 0 Å². The van der Waals surface area contributed by atoms with Crippen molar-refractivity contribution in [1.29, 1.82) is 0 Å². The molecule has 2 aromatic rings. The van der Waals surface area contributed by atoms with Crippen LogP contribution in [0.25, 0.3) is 5.57 Å². The summed E-state index contributed by atoms with van der Waals surface area (Å²) in [7, 11) is 1.61. The van der Waals surface area contributed by atoms with Crippen LogP contribution < -0.4 is 5.32 Å². The summed E-state index contributed by atoms with van der Waals surface area (Å²) in [6, 6.07) is 13.6. The lowest BCUT2D eigenvalue weighted by atomic mass is 10.0. The molecule has 5 heteroatoms. The zero-order valence-electron chi connectivity index (χ0n) is 16.8. The van der Waals surface area contributed by atoms with E-state index in [2.05, 4.69) is 5.32 Å². The molecule has 0 aromatic heterocycles. The number of amides is 2. The Balaban J connectivity index is 2.03. The van der Waals surface area contributed by atoms with Crippen molar-refractivity contribution in [3.05, 3.63) is 70.4 Å². The van der Waals surface area contributed by atoms with Crippen molar-refractivity contribution in [3.63, 3.8) is 0 Å². The number of imide groups is 1. The van der Waals surface area contributed by atoms with E-state index in [1.165, 1.54) is 4.90 Å². The van der Waals surface area contributed by atoms with Gasteiger partial charge in [0.25, 0.3) is 11.8 Å². The van der Waals surface area contributed by atoms with Crippen LogP contribution >= 0.6 is 0 Å². The van der Waals surface area contributed by atoms with Crippen molar-refractivity contribution in [2.45, 2.75) is 27.2 Å². The zero-order chi connectivity index (χ0) is 20.3. The first-order valence-electron chi connectivity index (χ1n) is 9.43. The molecule has 2 aromatic carbocycles. The molecular formula is C23H26N2O3. The van der Waals surface area contributed by atoms with Crippen molar-refractivity contribution >= 4 is 23.1 Å². The number of ether oxygens (including phenoxy) is 1. The summed E-state index contributed by atoms with van der Waals surface area (Å²) in [5, 5.41) is 3.25. The van der Waals surface area contributed by atoms with Gasteiger partial charge < -0.3 is 10.1 Å². The lowest BCUT2D eigenvalue weighted by molar-refractivity contribution is -0.136. The minimum Gasteiger partial charge on any atom is -0.385 e. The molecule has 0 saturated heterocycles. The molecule has 1 N–H and O–H groups in total. The Morgan fingerprint density at radius 1 is 0.964 bits per heavy atom. The summed E-state index contributed by atoms with van der Waals surface area (Å²) < 4.78 is 5.07. The predicted molar refractivity (Wildman–Crippen MR) is 111 cm³/mol. The number of nitrogens with zero attached hydrogens (tertiary/aromatic N) is 1. The normalized spacial score (nSPS) is 14.2. The average Bonchev–Trinajstić information content (AvgIpc) is 2.90. The highest BCUT2D eigenvalue weighted by atomic mass is 16.5. The van der Waals surface area contributed by atoms with Gasteiger partial charge in [-0.15, -0.1) is 0 Å². The van der Waals surface area contributed by atoms with Gasteiger partial charge in [-0.25, -0.2) is 0 Å². The lowest BCUT2D eigenvalue weighted by Crippen LogP contribution is -2.34. The number of anilines is 1. The number of carbonyl (C=O) groups excluding carboxylic acids is 2. The number of rotatable bonds is 7. The van der Waals surface area contributed by atoms with Gasteiger partial charge in [0.15, 0.2) is 0 Å². The Hall–Kier alpha value is -2.92. The van der Waals surface area contributed by atoms with Crippen molar-refractivity contribution in [2.75, 3.05) is 25.6 Å². The largest absolute Gasteiger partial charge is 0.385 e. The van der Waals surface area contributed by atoms with E-state index < -0.39 is 0 Å². The van der Waals surface area contributed by atoms with Gasteiger partial charge in [0.2, 0.25) is 0 Å². The molecule has 0 spiro atoms. The second-order valence-corrected chi connectivity index (χ2v) is 7.10. The van der Waals surface area contributed by atoms with E-state index in [0.717, 1.165) is 27.9 Å². The number of methoxy groups -OCH3 is 1. The highest BCUT2D eigenvalue weighted by Gasteiger charge is 2.38. The van der Waals surface area contributed by atoms with Gasteiger partial charge in [-0.1, -0.05) is 42.0 Å². The van der Waals surface area contributed by atoms with Gasteiger partial charge >= 0.3 is 0 Å².